The van der Waals surface area contributed by atoms with Gasteiger partial charge in [-0.2, -0.15) is 0 Å². The Morgan fingerprint density at radius 2 is 1.12 bits per heavy atom. The van der Waals surface area contributed by atoms with Crippen molar-refractivity contribution < 1.29 is 19.5 Å². The maximum absolute atomic E-state index is 11.3. The van der Waals surface area contributed by atoms with Gasteiger partial charge in [-0.05, 0) is 38.8 Å². The Bertz CT molecular complexity index is 595. The highest BCUT2D eigenvalue weighted by atomic mass is 16.4. The minimum Gasteiger partial charge on any atom is -0.546 e. The van der Waals surface area contributed by atoms with Gasteiger partial charge in [0.15, 0.2) is 5.60 Å². The molecular weight excluding hydrogens is 326 g/mol. The van der Waals surface area contributed by atoms with E-state index in [9.17, 15) is 15.0 Å². The van der Waals surface area contributed by atoms with E-state index in [-0.39, 0.29) is 11.1 Å². The van der Waals surface area contributed by atoms with Gasteiger partial charge in [-0.15, -0.1) is 0 Å². The molecule has 4 heteroatoms. The van der Waals surface area contributed by atoms with Gasteiger partial charge in [0.05, 0.1) is 32.1 Å². The third-order valence-electron chi connectivity index (χ3n) is 5.36. The molecule has 0 bridgehead atoms. The van der Waals surface area contributed by atoms with Crippen molar-refractivity contribution in [2.45, 2.75) is 33.3 Å². The minimum atomic E-state index is -2.11. The van der Waals surface area contributed by atoms with Gasteiger partial charge in [0.2, 0.25) is 0 Å². The molecule has 142 valence electrons. The summed E-state index contributed by atoms with van der Waals surface area (Å²) < 4.78 is 1.28. The molecule has 0 saturated heterocycles. The molecule has 0 aromatic heterocycles. The lowest BCUT2D eigenvalue weighted by Gasteiger charge is -2.34. The van der Waals surface area contributed by atoms with Crippen LogP contribution in [0.3, 0.4) is 0 Å². The molecule has 0 heterocycles. The Kier molecular flexibility index (Phi) is 8.49. The number of carbonyl (C=O) groups is 1. The second kappa shape index (κ2) is 10.1. The lowest BCUT2D eigenvalue weighted by Crippen LogP contribution is -2.47. The van der Waals surface area contributed by atoms with E-state index in [1.54, 1.807) is 60.7 Å². The number of nitrogens with zero attached hydrogens (tertiary/aromatic N) is 1. The molecule has 0 saturated carbocycles. The van der Waals surface area contributed by atoms with Crippen LogP contribution in [0, 0.1) is 0 Å². The van der Waals surface area contributed by atoms with Crippen molar-refractivity contribution in [2.75, 3.05) is 26.2 Å². The maximum atomic E-state index is 11.3. The summed E-state index contributed by atoms with van der Waals surface area (Å²) in [5.74, 6) is -1.53. The van der Waals surface area contributed by atoms with Gasteiger partial charge in [0.1, 0.15) is 0 Å². The topological polar surface area (TPSA) is 60.4 Å². The quantitative estimate of drug-likeness (QED) is 0.775. The lowest BCUT2D eigenvalue weighted by atomic mass is 9.86. The average molecular weight is 357 g/mol. The number of carboxylic acids is 1. The van der Waals surface area contributed by atoms with Crippen LogP contribution in [0.15, 0.2) is 60.7 Å². The van der Waals surface area contributed by atoms with Gasteiger partial charge < -0.3 is 19.5 Å². The van der Waals surface area contributed by atoms with Crippen molar-refractivity contribution in [2.24, 2.45) is 0 Å². The van der Waals surface area contributed by atoms with E-state index in [0.717, 1.165) is 0 Å². The molecule has 0 aliphatic heterocycles. The molecule has 0 amide bonds. The maximum Gasteiger partial charge on any atom is 0.154 e. The number of aliphatic carboxylic acids is 1. The highest BCUT2D eigenvalue weighted by Crippen LogP contribution is 2.28. The van der Waals surface area contributed by atoms with Gasteiger partial charge in [-0.3, -0.25) is 0 Å². The Morgan fingerprint density at radius 3 is 1.31 bits per heavy atom. The predicted octanol–water partition coefficient (Wildman–Crippen LogP) is 2.56. The van der Waals surface area contributed by atoms with Crippen molar-refractivity contribution in [3.8, 4) is 0 Å². The third kappa shape index (κ3) is 4.93. The normalized spacial score (nSPS) is 11.4. The van der Waals surface area contributed by atoms with Gasteiger partial charge in [0.25, 0.3) is 0 Å². The van der Waals surface area contributed by atoms with Crippen molar-refractivity contribution in [3.63, 3.8) is 0 Å². The minimum absolute atomic E-state index is 0.284. The van der Waals surface area contributed by atoms with E-state index in [4.69, 9.17) is 0 Å². The molecular formula is C22H31NO3. The second-order valence-electron chi connectivity index (χ2n) is 6.34. The second-order valence-corrected chi connectivity index (χ2v) is 6.34. The standard InChI is InChI=1S/C14H12O3.C8H20N/c15-13(16)14(17,11-7-3-1-4-8-11)12-9-5-2-6-10-12;1-5-9(6-2,7-3)8-4/h1-10,17H,(H,15,16);5-8H2,1-4H3/q;+1/p-1. The molecule has 0 aliphatic rings. The molecule has 26 heavy (non-hydrogen) atoms. The van der Waals surface area contributed by atoms with Crippen molar-refractivity contribution >= 4 is 5.97 Å². The SMILES string of the molecule is CC[N+](CC)(CC)CC.O=C([O-])C(O)(c1ccccc1)c1ccccc1. The number of carbonyl (C=O) groups excluding carboxylic acids is 1. The van der Waals surface area contributed by atoms with Crippen LogP contribution < -0.4 is 5.11 Å². The number of aliphatic hydroxyl groups is 1. The molecule has 0 unspecified atom stereocenters. The Morgan fingerprint density at radius 1 is 0.808 bits per heavy atom. The molecule has 0 aliphatic carbocycles. The number of benzene rings is 2. The fourth-order valence-corrected chi connectivity index (χ4v) is 3.10. The Balaban J connectivity index is 0.000000321. The number of hydrogen-bond acceptors (Lipinski definition) is 3. The van der Waals surface area contributed by atoms with E-state index >= 15 is 0 Å². The van der Waals surface area contributed by atoms with Crippen molar-refractivity contribution in [3.05, 3.63) is 71.8 Å². The van der Waals surface area contributed by atoms with Crippen LogP contribution in [0.5, 0.6) is 0 Å². The summed E-state index contributed by atoms with van der Waals surface area (Å²) in [6.45, 7) is 14.2. The molecule has 2 aromatic carbocycles. The summed E-state index contributed by atoms with van der Waals surface area (Å²) in [5.41, 5.74) is -1.54. The van der Waals surface area contributed by atoms with E-state index in [1.165, 1.54) is 30.7 Å². The van der Waals surface area contributed by atoms with Gasteiger partial charge >= 0.3 is 0 Å². The van der Waals surface area contributed by atoms with Crippen LogP contribution in [0.2, 0.25) is 0 Å². The summed E-state index contributed by atoms with van der Waals surface area (Å²) >= 11 is 0. The molecule has 0 spiro atoms. The zero-order valence-electron chi connectivity index (χ0n) is 16.3. The van der Waals surface area contributed by atoms with Crippen LogP contribution in [0.25, 0.3) is 0 Å². The fraction of sp³-hybridized carbons (Fsp3) is 0.409. The molecule has 2 aromatic rings. The summed E-state index contributed by atoms with van der Waals surface area (Å²) in [6.07, 6.45) is 0. The predicted molar refractivity (Wildman–Crippen MR) is 103 cm³/mol. The van der Waals surface area contributed by atoms with E-state index in [0.29, 0.717) is 0 Å². The number of rotatable bonds is 7. The molecule has 1 N–H and O–H groups in total. The first-order chi connectivity index (χ1) is 12.4. The Hall–Kier alpha value is -2.17. The first-order valence-corrected chi connectivity index (χ1v) is 9.30. The highest BCUT2D eigenvalue weighted by Gasteiger charge is 2.32. The third-order valence-corrected chi connectivity index (χ3v) is 5.36. The zero-order valence-corrected chi connectivity index (χ0v) is 16.3. The van der Waals surface area contributed by atoms with Gasteiger partial charge in [-0.1, -0.05) is 60.7 Å². The number of hydrogen-bond donors (Lipinski definition) is 1. The smallest absolute Gasteiger partial charge is 0.154 e. The van der Waals surface area contributed by atoms with Crippen LogP contribution in [-0.4, -0.2) is 41.7 Å². The summed E-state index contributed by atoms with van der Waals surface area (Å²) in [7, 11) is 0. The summed E-state index contributed by atoms with van der Waals surface area (Å²) in [4.78, 5) is 11.3. The van der Waals surface area contributed by atoms with E-state index in [1.807, 2.05) is 0 Å². The van der Waals surface area contributed by atoms with Crippen LogP contribution in [0.1, 0.15) is 38.8 Å². The molecule has 0 radical (unpaired) electrons. The zero-order chi connectivity index (χ0) is 19.6. The highest BCUT2D eigenvalue weighted by molar-refractivity contribution is 5.81. The monoisotopic (exact) mass is 357 g/mol. The Labute approximate surface area is 157 Å². The molecule has 0 atom stereocenters. The molecule has 4 nitrogen and oxygen atoms in total. The number of carboxylic acid groups (broad SMARTS) is 1. The number of quaternary nitrogens is 1. The van der Waals surface area contributed by atoms with Gasteiger partial charge in [-0.25, -0.2) is 0 Å². The van der Waals surface area contributed by atoms with Crippen molar-refractivity contribution in [1.29, 1.82) is 0 Å². The lowest BCUT2D eigenvalue weighted by molar-refractivity contribution is -0.921. The average Bonchev–Trinajstić information content (AvgIpc) is 2.71. The van der Waals surface area contributed by atoms with Crippen LogP contribution in [0.4, 0.5) is 0 Å². The first kappa shape index (κ1) is 21.9. The molecule has 0 fully saturated rings. The largest absolute Gasteiger partial charge is 0.546 e. The summed E-state index contributed by atoms with van der Waals surface area (Å²) in [5, 5.41) is 21.6. The summed E-state index contributed by atoms with van der Waals surface area (Å²) in [6, 6.07) is 16.4. The van der Waals surface area contributed by atoms with Crippen molar-refractivity contribution in [1.82, 2.24) is 0 Å². The first-order valence-electron chi connectivity index (χ1n) is 9.30. The van der Waals surface area contributed by atoms with E-state index < -0.39 is 11.6 Å². The van der Waals surface area contributed by atoms with Crippen LogP contribution >= 0.6 is 0 Å². The fourth-order valence-electron chi connectivity index (χ4n) is 3.10. The van der Waals surface area contributed by atoms with E-state index in [2.05, 4.69) is 27.7 Å². The molecule has 2 rings (SSSR count). The van der Waals surface area contributed by atoms with Gasteiger partial charge in [0, 0.05) is 0 Å². The van der Waals surface area contributed by atoms with Crippen LogP contribution in [-0.2, 0) is 10.4 Å².